The van der Waals surface area contributed by atoms with Crippen LogP contribution in [0.2, 0.25) is 0 Å². The number of primary amides is 1. The second kappa shape index (κ2) is 8.94. The Morgan fingerprint density at radius 1 is 1.25 bits per heavy atom. The maximum atomic E-state index is 13.7. The third-order valence-corrected chi connectivity index (χ3v) is 7.49. The zero-order valence-electron chi connectivity index (χ0n) is 15.9. The van der Waals surface area contributed by atoms with E-state index in [1.807, 2.05) is 11.4 Å². The predicted molar refractivity (Wildman–Crippen MR) is 109 cm³/mol. The molecule has 1 amide bonds. The van der Waals surface area contributed by atoms with E-state index in [1.165, 1.54) is 0 Å². The van der Waals surface area contributed by atoms with Gasteiger partial charge in [0.1, 0.15) is 0 Å². The minimum atomic E-state index is -2.50. The molecule has 2 aliphatic carbocycles. The van der Waals surface area contributed by atoms with Gasteiger partial charge in [-0.05, 0) is 49.5 Å². The maximum absolute atomic E-state index is 13.7. The summed E-state index contributed by atoms with van der Waals surface area (Å²) in [5.41, 5.74) is 6.16. The monoisotopic (exact) mass is 434 g/mol. The molecular weight excluding hydrogens is 406 g/mol. The molecular formula is C20H29ClF2N2O2S. The minimum Gasteiger partial charge on any atom is -0.381 e. The summed E-state index contributed by atoms with van der Waals surface area (Å²) >= 11 is 1.59. The number of halogens is 3. The highest BCUT2D eigenvalue weighted by molar-refractivity contribution is 7.10. The van der Waals surface area contributed by atoms with Crippen LogP contribution in [0.25, 0.3) is 0 Å². The summed E-state index contributed by atoms with van der Waals surface area (Å²) in [4.78, 5) is 15.3. The molecule has 1 aliphatic heterocycles. The molecule has 4 nitrogen and oxygen atoms in total. The van der Waals surface area contributed by atoms with E-state index in [0.717, 1.165) is 43.9 Å². The Balaban J connectivity index is 0.00000225. The number of rotatable bonds is 6. The molecule has 1 aromatic rings. The van der Waals surface area contributed by atoms with E-state index in [4.69, 9.17) is 10.5 Å². The first-order valence-corrected chi connectivity index (χ1v) is 10.9. The molecule has 2 N–H and O–H groups in total. The predicted octanol–water partition coefficient (Wildman–Crippen LogP) is 4.43. The summed E-state index contributed by atoms with van der Waals surface area (Å²) < 4.78 is 32.8. The number of thiophene rings is 1. The molecule has 158 valence electrons. The van der Waals surface area contributed by atoms with E-state index in [0.29, 0.717) is 36.3 Å². The lowest BCUT2D eigenvalue weighted by Crippen LogP contribution is -2.45. The molecule has 2 unspecified atom stereocenters. The van der Waals surface area contributed by atoms with Gasteiger partial charge in [-0.15, -0.1) is 23.7 Å². The van der Waals surface area contributed by atoms with Gasteiger partial charge in [-0.25, -0.2) is 8.78 Å². The lowest BCUT2D eigenvalue weighted by atomic mass is 9.89. The molecule has 3 aliphatic rings. The number of nitrogens with two attached hydrogens (primary N) is 1. The molecule has 28 heavy (non-hydrogen) atoms. The maximum Gasteiger partial charge on any atom is 0.249 e. The van der Waals surface area contributed by atoms with Crippen LogP contribution in [0, 0.1) is 5.92 Å². The van der Waals surface area contributed by atoms with Crippen molar-refractivity contribution in [3.05, 3.63) is 21.9 Å². The average molecular weight is 435 g/mol. The molecule has 1 saturated heterocycles. The van der Waals surface area contributed by atoms with Crippen LogP contribution in [0.15, 0.2) is 11.4 Å². The number of alkyl halides is 2. The Labute approximate surface area is 175 Å². The smallest absolute Gasteiger partial charge is 0.249 e. The number of carbonyl (C=O) groups is 1. The van der Waals surface area contributed by atoms with E-state index in [-0.39, 0.29) is 37.2 Å². The molecule has 0 spiro atoms. The van der Waals surface area contributed by atoms with Crippen LogP contribution in [0.1, 0.15) is 66.1 Å². The summed E-state index contributed by atoms with van der Waals surface area (Å²) in [7, 11) is 0. The van der Waals surface area contributed by atoms with Gasteiger partial charge < -0.3 is 10.5 Å². The third kappa shape index (κ3) is 4.86. The zero-order chi connectivity index (χ0) is 19.0. The van der Waals surface area contributed by atoms with Gasteiger partial charge in [0.2, 0.25) is 11.8 Å². The van der Waals surface area contributed by atoms with Gasteiger partial charge in [0.05, 0.1) is 5.56 Å². The molecule has 0 bridgehead atoms. The Morgan fingerprint density at radius 3 is 2.57 bits per heavy atom. The van der Waals surface area contributed by atoms with Gasteiger partial charge in [-0.1, -0.05) is 0 Å². The van der Waals surface area contributed by atoms with Crippen LogP contribution < -0.4 is 5.73 Å². The summed E-state index contributed by atoms with van der Waals surface area (Å²) in [6.45, 7) is 2.55. The van der Waals surface area contributed by atoms with Gasteiger partial charge in [0, 0.05) is 55.5 Å². The van der Waals surface area contributed by atoms with Crippen molar-refractivity contribution in [2.24, 2.45) is 11.7 Å². The molecule has 0 aromatic carbocycles. The van der Waals surface area contributed by atoms with Crippen molar-refractivity contribution in [2.75, 3.05) is 19.8 Å². The van der Waals surface area contributed by atoms with Crippen LogP contribution in [0.4, 0.5) is 8.78 Å². The van der Waals surface area contributed by atoms with Gasteiger partial charge in [-0.2, -0.15) is 0 Å². The van der Waals surface area contributed by atoms with Crippen molar-refractivity contribution in [2.45, 2.75) is 68.9 Å². The average Bonchev–Trinajstić information content (AvgIpc) is 3.27. The SMILES string of the molecule is Cl.NC(=O)c1ccsc1C1CC1N(CC1CCOCC1)C1CCC(F)(F)CC1. The van der Waals surface area contributed by atoms with E-state index >= 15 is 0 Å². The van der Waals surface area contributed by atoms with Crippen molar-refractivity contribution in [1.29, 1.82) is 0 Å². The molecule has 2 heterocycles. The number of nitrogens with zero attached hydrogens (tertiary/aromatic N) is 1. The van der Waals surface area contributed by atoms with Gasteiger partial charge >= 0.3 is 0 Å². The van der Waals surface area contributed by atoms with Crippen molar-refractivity contribution in [3.8, 4) is 0 Å². The first-order valence-electron chi connectivity index (χ1n) is 10.0. The summed E-state index contributed by atoms with van der Waals surface area (Å²) in [5, 5.41) is 1.93. The number of carbonyl (C=O) groups excluding carboxylic acids is 1. The fourth-order valence-corrected chi connectivity index (χ4v) is 5.85. The molecule has 4 rings (SSSR count). The van der Waals surface area contributed by atoms with Crippen LogP contribution >= 0.6 is 23.7 Å². The van der Waals surface area contributed by atoms with Crippen molar-refractivity contribution < 1.29 is 18.3 Å². The zero-order valence-corrected chi connectivity index (χ0v) is 17.6. The van der Waals surface area contributed by atoms with E-state index in [2.05, 4.69) is 4.90 Å². The Kier molecular flexibility index (Phi) is 7.00. The molecule has 0 radical (unpaired) electrons. The molecule has 1 aromatic heterocycles. The Morgan fingerprint density at radius 2 is 1.93 bits per heavy atom. The van der Waals surface area contributed by atoms with Crippen LogP contribution in [-0.4, -0.2) is 48.6 Å². The number of hydrogen-bond acceptors (Lipinski definition) is 4. The molecule has 8 heteroatoms. The Bertz CT molecular complexity index is 671. The van der Waals surface area contributed by atoms with Gasteiger partial charge in [0.25, 0.3) is 0 Å². The highest BCUT2D eigenvalue weighted by Crippen LogP contribution is 2.50. The fourth-order valence-electron chi connectivity index (χ4n) is 4.78. The molecule has 2 saturated carbocycles. The van der Waals surface area contributed by atoms with Crippen molar-refractivity contribution >= 4 is 29.7 Å². The van der Waals surface area contributed by atoms with E-state index < -0.39 is 5.92 Å². The minimum absolute atomic E-state index is 0. The normalized spacial score (nSPS) is 28.1. The Hall–Kier alpha value is -0.760. The highest BCUT2D eigenvalue weighted by Gasteiger charge is 2.49. The molecule has 3 fully saturated rings. The van der Waals surface area contributed by atoms with Crippen LogP contribution in [0.5, 0.6) is 0 Å². The second-order valence-corrected chi connectivity index (χ2v) is 9.26. The summed E-state index contributed by atoms with van der Waals surface area (Å²) in [6, 6.07) is 2.38. The fraction of sp³-hybridized carbons (Fsp3) is 0.750. The van der Waals surface area contributed by atoms with E-state index in [9.17, 15) is 13.6 Å². The highest BCUT2D eigenvalue weighted by atomic mass is 35.5. The first kappa shape index (κ1) is 21.9. The lowest BCUT2D eigenvalue weighted by molar-refractivity contribution is -0.0583. The number of ether oxygens (including phenoxy) is 1. The van der Waals surface area contributed by atoms with Gasteiger partial charge in [0.15, 0.2) is 0 Å². The van der Waals surface area contributed by atoms with Crippen LogP contribution in [0.3, 0.4) is 0 Å². The summed E-state index contributed by atoms with van der Waals surface area (Å²) in [5.74, 6) is -1.99. The number of hydrogen-bond donors (Lipinski definition) is 1. The van der Waals surface area contributed by atoms with Gasteiger partial charge in [-0.3, -0.25) is 9.69 Å². The van der Waals surface area contributed by atoms with Crippen molar-refractivity contribution in [1.82, 2.24) is 4.90 Å². The molecule has 2 atom stereocenters. The summed E-state index contributed by atoms with van der Waals surface area (Å²) in [6.07, 6.45) is 4.19. The standard InChI is InChI=1S/C20H28F2N2O2S.ClH/c21-20(22)6-1-14(2-7-20)24(12-13-3-8-26-9-4-13)17-11-16(17)18-15(19(23)25)5-10-27-18;/h5,10,13-14,16-17H,1-4,6-9,11-12H2,(H2,23,25);1H. The topological polar surface area (TPSA) is 55.6 Å². The third-order valence-electron chi connectivity index (χ3n) is 6.45. The van der Waals surface area contributed by atoms with Crippen LogP contribution in [-0.2, 0) is 4.74 Å². The lowest BCUT2D eigenvalue weighted by Gasteiger charge is -2.39. The first-order chi connectivity index (χ1) is 12.9. The van der Waals surface area contributed by atoms with Crippen molar-refractivity contribution in [3.63, 3.8) is 0 Å². The number of amides is 1. The quantitative estimate of drug-likeness (QED) is 0.720. The second-order valence-electron chi connectivity index (χ2n) is 8.31. The largest absolute Gasteiger partial charge is 0.381 e. The van der Waals surface area contributed by atoms with E-state index in [1.54, 1.807) is 11.3 Å².